The molecular weight excluding hydrogens is 333 g/mol. The van der Waals surface area contributed by atoms with E-state index in [4.69, 9.17) is 9.47 Å². The number of hydrogen-bond donors (Lipinski definition) is 0. The molecule has 0 spiro atoms. The molecule has 5 heteroatoms. The van der Waals surface area contributed by atoms with E-state index in [0.29, 0.717) is 19.0 Å². The molecule has 3 atom stereocenters. The average Bonchev–Trinajstić information content (AvgIpc) is 2.55. The third-order valence-corrected chi connectivity index (χ3v) is 5.29. The predicted molar refractivity (Wildman–Crippen MR) is 98.5 cm³/mol. The first-order valence-corrected chi connectivity index (χ1v) is 9.54. The van der Waals surface area contributed by atoms with Gasteiger partial charge in [-0.3, -0.25) is 0 Å². The molecule has 26 heavy (non-hydrogen) atoms. The molecule has 0 aromatic heterocycles. The van der Waals surface area contributed by atoms with Crippen LogP contribution in [-0.4, -0.2) is 41.4 Å². The van der Waals surface area contributed by atoms with Crippen molar-refractivity contribution in [3.63, 3.8) is 0 Å². The minimum Gasteiger partial charge on any atom is -0.444 e. The standard InChI is InChI=1S/C21H30FNO3/c1-20(2,3)26-19(24)23-12-10-18-16(14-23)9-11-21(4,25-18)13-15-5-7-17(22)8-6-15/h5-8,16,18H,9-14H2,1-4H3/t16-,18+,21+/m0/s1. The lowest BCUT2D eigenvalue weighted by Crippen LogP contribution is -2.53. The van der Waals surface area contributed by atoms with Crippen molar-refractivity contribution in [1.82, 2.24) is 4.90 Å². The monoisotopic (exact) mass is 363 g/mol. The van der Waals surface area contributed by atoms with Gasteiger partial charge in [0.2, 0.25) is 0 Å². The van der Waals surface area contributed by atoms with E-state index >= 15 is 0 Å². The second-order valence-corrected chi connectivity index (χ2v) is 8.92. The van der Waals surface area contributed by atoms with Gasteiger partial charge in [0, 0.05) is 25.4 Å². The molecule has 3 rings (SSSR count). The van der Waals surface area contributed by atoms with Crippen LogP contribution in [0, 0.1) is 11.7 Å². The first-order valence-electron chi connectivity index (χ1n) is 9.54. The number of rotatable bonds is 2. The van der Waals surface area contributed by atoms with E-state index in [9.17, 15) is 9.18 Å². The first kappa shape index (κ1) is 19.2. The molecule has 0 radical (unpaired) electrons. The van der Waals surface area contributed by atoms with Gasteiger partial charge >= 0.3 is 6.09 Å². The van der Waals surface area contributed by atoms with Gasteiger partial charge in [0.05, 0.1) is 11.7 Å². The van der Waals surface area contributed by atoms with Crippen LogP contribution in [0.3, 0.4) is 0 Å². The number of benzene rings is 1. The van der Waals surface area contributed by atoms with Crippen LogP contribution in [0.4, 0.5) is 9.18 Å². The Kier molecular flexibility index (Phi) is 5.29. The van der Waals surface area contributed by atoms with Crippen LogP contribution < -0.4 is 0 Å². The number of amides is 1. The van der Waals surface area contributed by atoms with Gasteiger partial charge in [-0.1, -0.05) is 12.1 Å². The van der Waals surface area contributed by atoms with Gasteiger partial charge in [0.1, 0.15) is 11.4 Å². The highest BCUT2D eigenvalue weighted by atomic mass is 19.1. The Morgan fingerprint density at radius 3 is 2.65 bits per heavy atom. The lowest BCUT2D eigenvalue weighted by molar-refractivity contribution is -0.161. The van der Waals surface area contributed by atoms with Crippen LogP contribution in [0.25, 0.3) is 0 Å². The summed E-state index contributed by atoms with van der Waals surface area (Å²) in [5.41, 5.74) is 0.399. The molecule has 2 heterocycles. The molecule has 0 saturated carbocycles. The Labute approximate surface area is 155 Å². The van der Waals surface area contributed by atoms with Crippen LogP contribution in [0.1, 0.15) is 52.5 Å². The number of likely N-dealkylation sites (tertiary alicyclic amines) is 1. The average molecular weight is 363 g/mol. The Hall–Kier alpha value is -1.62. The number of piperidine rings is 1. The minimum absolute atomic E-state index is 0.174. The Bertz CT molecular complexity index is 640. The fourth-order valence-electron chi connectivity index (χ4n) is 4.01. The van der Waals surface area contributed by atoms with E-state index in [2.05, 4.69) is 6.92 Å². The second kappa shape index (κ2) is 7.18. The molecule has 0 N–H and O–H groups in total. The zero-order chi connectivity index (χ0) is 18.9. The number of halogens is 1. The Balaban J connectivity index is 1.57. The number of carbonyl (C=O) groups excluding carboxylic acids is 1. The molecule has 0 bridgehead atoms. The van der Waals surface area contributed by atoms with Crippen molar-refractivity contribution in [2.45, 2.75) is 70.7 Å². The molecule has 1 aromatic carbocycles. The van der Waals surface area contributed by atoms with Gasteiger partial charge in [-0.05, 0) is 64.7 Å². The van der Waals surface area contributed by atoms with Crippen molar-refractivity contribution in [2.24, 2.45) is 5.92 Å². The molecule has 1 aromatic rings. The van der Waals surface area contributed by atoms with E-state index in [-0.39, 0.29) is 23.6 Å². The van der Waals surface area contributed by atoms with Gasteiger partial charge in [-0.25, -0.2) is 9.18 Å². The number of fused-ring (bicyclic) bond motifs is 1. The van der Waals surface area contributed by atoms with Gasteiger partial charge in [0.15, 0.2) is 0 Å². The Morgan fingerprint density at radius 1 is 1.31 bits per heavy atom. The highest BCUT2D eigenvalue weighted by Gasteiger charge is 2.42. The number of ether oxygens (including phenoxy) is 2. The van der Waals surface area contributed by atoms with Crippen molar-refractivity contribution in [1.29, 1.82) is 0 Å². The summed E-state index contributed by atoms with van der Waals surface area (Å²) in [5.74, 6) is 0.149. The van der Waals surface area contributed by atoms with Crippen LogP contribution >= 0.6 is 0 Å². The predicted octanol–water partition coefficient (Wildman–Crippen LogP) is 4.56. The molecule has 0 aliphatic carbocycles. The summed E-state index contributed by atoms with van der Waals surface area (Å²) < 4.78 is 25.1. The van der Waals surface area contributed by atoms with Gasteiger partial charge in [-0.15, -0.1) is 0 Å². The van der Waals surface area contributed by atoms with Crippen LogP contribution in [0.5, 0.6) is 0 Å². The largest absolute Gasteiger partial charge is 0.444 e. The molecule has 2 fully saturated rings. The Morgan fingerprint density at radius 2 is 2.00 bits per heavy atom. The van der Waals surface area contributed by atoms with Crippen molar-refractivity contribution < 1.29 is 18.7 Å². The van der Waals surface area contributed by atoms with E-state index in [0.717, 1.165) is 31.2 Å². The topological polar surface area (TPSA) is 38.8 Å². The van der Waals surface area contributed by atoms with E-state index in [1.165, 1.54) is 12.1 Å². The highest BCUT2D eigenvalue weighted by molar-refractivity contribution is 5.68. The van der Waals surface area contributed by atoms with Crippen molar-refractivity contribution in [3.8, 4) is 0 Å². The maximum Gasteiger partial charge on any atom is 0.410 e. The maximum absolute atomic E-state index is 13.1. The van der Waals surface area contributed by atoms with Gasteiger partial charge in [0.25, 0.3) is 0 Å². The van der Waals surface area contributed by atoms with Crippen molar-refractivity contribution in [2.75, 3.05) is 13.1 Å². The lowest BCUT2D eigenvalue weighted by atomic mass is 9.80. The van der Waals surface area contributed by atoms with Crippen molar-refractivity contribution >= 4 is 6.09 Å². The summed E-state index contributed by atoms with van der Waals surface area (Å²) in [6.07, 6.45) is 3.54. The van der Waals surface area contributed by atoms with E-state index in [1.54, 1.807) is 0 Å². The summed E-state index contributed by atoms with van der Waals surface area (Å²) in [6, 6.07) is 6.68. The molecule has 2 aliphatic heterocycles. The molecular formula is C21H30FNO3. The maximum atomic E-state index is 13.1. The molecule has 144 valence electrons. The SMILES string of the molecule is CC(C)(C)OC(=O)N1CC[C@H]2O[C@@](C)(Cc3ccc(F)cc3)CC[C@H]2C1. The zero-order valence-corrected chi connectivity index (χ0v) is 16.3. The number of carbonyl (C=O) groups is 1. The highest BCUT2D eigenvalue weighted by Crippen LogP contribution is 2.38. The summed E-state index contributed by atoms with van der Waals surface area (Å²) in [5, 5.41) is 0. The van der Waals surface area contributed by atoms with Crippen LogP contribution in [0.2, 0.25) is 0 Å². The van der Waals surface area contributed by atoms with Crippen molar-refractivity contribution in [3.05, 3.63) is 35.6 Å². The van der Waals surface area contributed by atoms with Gasteiger partial charge in [-0.2, -0.15) is 0 Å². The quantitative estimate of drug-likeness (QED) is 0.773. The van der Waals surface area contributed by atoms with Crippen LogP contribution in [-0.2, 0) is 15.9 Å². The minimum atomic E-state index is -0.468. The van der Waals surface area contributed by atoms with Gasteiger partial charge < -0.3 is 14.4 Å². The summed E-state index contributed by atoms with van der Waals surface area (Å²) in [4.78, 5) is 14.1. The zero-order valence-electron chi connectivity index (χ0n) is 16.3. The molecule has 2 aliphatic rings. The molecule has 0 unspecified atom stereocenters. The number of hydrogen-bond acceptors (Lipinski definition) is 3. The molecule has 1 amide bonds. The fourth-order valence-corrected chi connectivity index (χ4v) is 4.01. The summed E-state index contributed by atoms with van der Waals surface area (Å²) in [7, 11) is 0. The van der Waals surface area contributed by atoms with E-state index in [1.807, 2.05) is 37.8 Å². The smallest absolute Gasteiger partial charge is 0.410 e. The second-order valence-electron chi connectivity index (χ2n) is 8.92. The lowest BCUT2D eigenvalue weighted by Gasteiger charge is -2.47. The normalized spacial score (nSPS) is 29.2. The molecule has 2 saturated heterocycles. The summed E-state index contributed by atoms with van der Waals surface area (Å²) in [6.45, 7) is 9.19. The third kappa shape index (κ3) is 4.76. The first-order chi connectivity index (χ1) is 12.1. The third-order valence-electron chi connectivity index (χ3n) is 5.29. The van der Waals surface area contributed by atoms with Crippen LogP contribution in [0.15, 0.2) is 24.3 Å². The number of nitrogens with zero attached hydrogens (tertiary/aromatic N) is 1. The summed E-state index contributed by atoms with van der Waals surface area (Å²) >= 11 is 0. The fraction of sp³-hybridized carbons (Fsp3) is 0.667. The van der Waals surface area contributed by atoms with E-state index < -0.39 is 5.60 Å². The molecule has 4 nitrogen and oxygen atoms in total.